The molecule has 0 aliphatic carbocycles. The van der Waals surface area contributed by atoms with E-state index < -0.39 is 0 Å². The highest BCUT2D eigenvalue weighted by atomic mass is 35.5. The summed E-state index contributed by atoms with van der Waals surface area (Å²) in [5.41, 5.74) is 3.78. The van der Waals surface area contributed by atoms with E-state index in [2.05, 4.69) is 5.32 Å². The average molecular weight is 286 g/mol. The Balaban J connectivity index is 2.16. The van der Waals surface area contributed by atoms with Crippen LogP contribution in [0.2, 0.25) is 0 Å². The molecule has 0 radical (unpaired) electrons. The number of amides is 1. The molecule has 20 heavy (non-hydrogen) atoms. The molecular weight excluding hydrogens is 270 g/mol. The van der Waals surface area contributed by atoms with E-state index in [-0.39, 0.29) is 10.9 Å². The van der Waals surface area contributed by atoms with E-state index in [4.69, 9.17) is 11.6 Å². The Hall–Kier alpha value is -2.06. The fraction of sp³-hybridized carbons (Fsp3) is 0.118. The zero-order chi connectivity index (χ0) is 14.5. The number of halogens is 1. The second-order valence-corrected chi connectivity index (χ2v) is 5.08. The van der Waals surface area contributed by atoms with Crippen LogP contribution < -0.4 is 5.32 Å². The van der Waals surface area contributed by atoms with Crippen molar-refractivity contribution in [1.82, 2.24) is 0 Å². The maximum absolute atomic E-state index is 12.1. The molecule has 2 nitrogen and oxygen atoms in total. The van der Waals surface area contributed by atoms with Gasteiger partial charge in [0.05, 0.1) is 0 Å². The third-order valence-electron chi connectivity index (χ3n) is 2.95. The quantitative estimate of drug-likeness (QED) is 0.825. The Morgan fingerprint density at radius 3 is 2.50 bits per heavy atom. The number of hydrogen-bond donors (Lipinski definition) is 1. The molecule has 1 N–H and O–H groups in total. The van der Waals surface area contributed by atoms with Gasteiger partial charge in [-0.3, -0.25) is 4.79 Å². The monoisotopic (exact) mass is 285 g/mol. The lowest BCUT2D eigenvalue weighted by Gasteiger charge is -2.08. The Bertz CT molecular complexity index is 647. The van der Waals surface area contributed by atoms with E-state index in [1.165, 1.54) is 0 Å². The van der Waals surface area contributed by atoms with Gasteiger partial charge in [0.2, 0.25) is 0 Å². The summed E-state index contributed by atoms with van der Waals surface area (Å²) < 4.78 is 0. The molecule has 0 spiro atoms. The molecule has 0 bridgehead atoms. The van der Waals surface area contributed by atoms with Crippen molar-refractivity contribution in [3.63, 3.8) is 0 Å². The van der Waals surface area contributed by atoms with Crippen molar-refractivity contribution >= 4 is 29.3 Å². The molecule has 2 rings (SSSR count). The number of carbonyl (C=O) groups is 1. The minimum Gasteiger partial charge on any atom is -0.321 e. The highest BCUT2D eigenvalue weighted by molar-refractivity contribution is 6.45. The maximum Gasteiger partial charge on any atom is 0.267 e. The molecule has 1 amide bonds. The zero-order valence-electron chi connectivity index (χ0n) is 11.5. The first kappa shape index (κ1) is 14.4. The zero-order valence-corrected chi connectivity index (χ0v) is 12.2. The van der Waals surface area contributed by atoms with E-state index >= 15 is 0 Å². The van der Waals surface area contributed by atoms with Crippen LogP contribution in [0.1, 0.15) is 16.7 Å². The topological polar surface area (TPSA) is 29.1 Å². The summed E-state index contributed by atoms with van der Waals surface area (Å²) in [6.07, 6.45) is 1.65. The molecule has 0 atom stereocenters. The van der Waals surface area contributed by atoms with Gasteiger partial charge in [-0.15, -0.1) is 0 Å². The van der Waals surface area contributed by atoms with Crippen LogP contribution in [0, 0.1) is 13.8 Å². The van der Waals surface area contributed by atoms with Crippen molar-refractivity contribution in [3.8, 4) is 0 Å². The van der Waals surface area contributed by atoms with Crippen LogP contribution >= 0.6 is 11.6 Å². The summed E-state index contributed by atoms with van der Waals surface area (Å²) in [4.78, 5) is 12.1. The smallest absolute Gasteiger partial charge is 0.267 e. The number of benzene rings is 2. The highest BCUT2D eigenvalue weighted by Crippen LogP contribution is 2.19. The third-order valence-corrected chi connectivity index (χ3v) is 3.23. The summed E-state index contributed by atoms with van der Waals surface area (Å²) in [5, 5.41) is 3.00. The van der Waals surface area contributed by atoms with Gasteiger partial charge in [-0.25, -0.2) is 0 Å². The summed E-state index contributed by atoms with van der Waals surface area (Å²) in [7, 11) is 0. The van der Waals surface area contributed by atoms with Crippen molar-refractivity contribution in [2.75, 3.05) is 5.32 Å². The number of aryl methyl sites for hydroxylation is 2. The van der Waals surface area contributed by atoms with E-state index in [1.807, 2.05) is 62.4 Å². The van der Waals surface area contributed by atoms with Gasteiger partial charge >= 0.3 is 0 Å². The minimum atomic E-state index is -0.302. The third kappa shape index (κ3) is 3.72. The van der Waals surface area contributed by atoms with E-state index in [1.54, 1.807) is 6.08 Å². The molecule has 0 unspecified atom stereocenters. The average Bonchev–Trinajstić information content (AvgIpc) is 2.44. The molecule has 2 aromatic rings. The lowest BCUT2D eigenvalue weighted by Crippen LogP contribution is -2.12. The molecule has 0 saturated heterocycles. The van der Waals surface area contributed by atoms with Gasteiger partial charge in [0.15, 0.2) is 0 Å². The molecule has 0 aromatic heterocycles. The van der Waals surface area contributed by atoms with Gasteiger partial charge in [0.1, 0.15) is 5.03 Å². The van der Waals surface area contributed by atoms with Crippen LogP contribution in [0.3, 0.4) is 0 Å². The van der Waals surface area contributed by atoms with Crippen LogP contribution in [0.4, 0.5) is 5.69 Å². The van der Waals surface area contributed by atoms with Gasteiger partial charge in [0, 0.05) is 5.69 Å². The molecule has 0 saturated carbocycles. The Morgan fingerprint density at radius 1 is 1.10 bits per heavy atom. The first-order chi connectivity index (χ1) is 9.56. The van der Waals surface area contributed by atoms with Crippen LogP contribution in [-0.2, 0) is 4.79 Å². The summed E-state index contributed by atoms with van der Waals surface area (Å²) in [6, 6.07) is 15.4. The Labute approximate surface area is 124 Å². The SMILES string of the molecule is Cc1ccc(C)c(NC(=O)C(Cl)=Cc2ccccc2)c1. The van der Waals surface area contributed by atoms with Gasteiger partial charge < -0.3 is 5.32 Å². The van der Waals surface area contributed by atoms with Gasteiger partial charge in [-0.05, 0) is 42.7 Å². The van der Waals surface area contributed by atoms with Crippen LogP contribution in [0.25, 0.3) is 6.08 Å². The molecular formula is C17H16ClNO. The van der Waals surface area contributed by atoms with Crippen molar-refractivity contribution in [2.24, 2.45) is 0 Å². The van der Waals surface area contributed by atoms with E-state index in [0.29, 0.717) is 0 Å². The summed E-state index contributed by atoms with van der Waals surface area (Å²) in [6.45, 7) is 3.93. The predicted octanol–water partition coefficient (Wildman–Crippen LogP) is 4.52. The standard InChI is InChI=1S/C17H16ClNO/c1-12-8-9-13(2)16(10-12)19-17(20)15(18)11-14-6-4-3-5-7-14/h3-11H,1-2H3,(H,19,20). The summed E-state index contributed by atoms with van der Waals surface area (Å²) in [5.74, 6) is -0.302. The molecule has 2 aromatic carbocycles. The summed E-state index contributed by atoms with van der Waals surface area (Å²) >= 11 is 6.06. The van der Waals surface area contributed by atoms with Crippen molar-refractivity contribution in [2.45, 2.75) is 13.8 Å². The molecule has 3 heteroatoms. The molecule has 0 heterocycles. The first-order valence-electron chi connectivity index (χ1n) is 6.37. The number of nitrogens with one attached hydrogen (secondary N) is 1. The Kier molecular flexibility index (Phi) is 4.59. The molecule has 102 valence electrons. The number of carbonyl (C=O) groups excluding carboxylic acids is 1. The van der Waals surface area contributed by atoms with Gasteiger partial charge in [-0.2, -0.15) is 0 Å². The van der Waals surface area contributed by atoms with Crippen LogP contribution in [0.5, 0.6) is 0 Å². The fourth-order valence-electron chi connectivity index (χ4n) is 1.81. The highest BCUT2D eigenvalue weighted by Gasteiger charge is 2.08. The maximum atomic E-state index is 12.1. The fourth-order valence-corrected chi connectivity index (χ4v) is 1.99. The van der Waals surface area contributed by atoms with Crippen molar-refractivity contribution in [3.05, 3.63) is 70.3 Å². The van der Waals surface area contributed by atoms with Crippen molar-refractivity contribution in [1.29, 1.82) is 0 Å². The lowest BCUT2D eigenvalue weighted by atomic mass is 10.1. The normalized spacial score (nSPS) is 11.2. The lowest BCUT2D eigenvalue weighted by molar-refractivity contribution is -0.112. The number of hydrogen-bond acceptors (Lipinski definition) is 1. The number of anilines is 1. The Morgan fingerprint density at radius 2 is 1.80 bits per heavy atom. The van der Waals surface area contributed by atoms with Crippen molar-refractivity contribution < 1.29 is 4.79 Å². The van der Waals surface area contributed by atoms with Gasteiger partial charge in [-0.1, -0.05) is 54.1 Å². The minimum absolute atomic E-state index is 0.164. The van der Waals surface area contributed by atoms with Gasteiger partial charge in [0.25, 0.3) is 5.91 Å². The number of rotatable bonds is 3. The van der Waals surface area contributed by atoms with E-state index in [9.17, 15) is 4.79 Å². The molecule has 0 aliphatic heterocycles. The van der Waals surface area contributed by atoms with Crippen LogP contribution in [0.15, 0.2) is 53.6 Å². The molecule has 0 fully saturated rings. The predicted molar refractivity (Wildman–Crippen MR) is 84.8 cm³/mol. The first-order valence-corrected chi connectivity index (χ1v) is 6.75. The van der Waals surface area contributed by atoms with Crippen LogP contribution in [-0.4, -0.2) is 5.91 Å². The second-order valence-electron chi connectivity index (χ2n) is 4.68. The van der Waals surface area contributed by atoms with E-state index in [0.717, 1.165) is 22.4 Å². The second kappa shape index (κ2) is 6.40. The largest absolute Gasteiger partial charge is 0.321 e. The molecule has 0 aliphatic rings.